The average molecular weight is 408 g/mol. The molecule has 0 N–H and O–H groups in total. The van der Waals surface area contributed by atoms with Gasteiger partial charge in [-0.3, -0.25) is 4.98 Å². The van der Waals surface area contributed by atoms with Crippen molar-refractivity contribution in [1.82, 2.24) is 4.98 Å². The molecule has 5 heteroatoms. The molecule has 126 valence electrons. The summed E-state index contributed by atoms with van der Waals surface area (Å²) in [7, 11) is 0. The minimum atomic E-state index is 1.18. The third kappa shape index (κ3) is 3.08. The molecule has 0 unspecified atom stereocenters. The van der Waals surface area contributed by atoms with Gasteiger partial charge in [0, 0.05) is 52.8 Å². The van der Waals surface area contributed by atoms with Gasteiger partial charge in [0.2, 0.25) is 0 Å². The van der Waals surface area contributed by atoms with E-state index in [1.165, 1.54) is 40.4 Å². The van der Waals surface area contributed by atoms with Crippen molar-refractivity contribution in [2.75, 3.05) is 0 Å². The number of aromatic nitrogens is 1. The molecule has 5 heterocycles. The van der Waals surface area contributed by atoms with E-state index in [2.05, 4.69) is 70.3 Å². The van der Waals surface area contributed by atoms with E-state index in [1.54, 1.807) is 22.7 Å². The van der Waals surface area contributed by atoms with E-state index in [0.29, 0.717) is 0 Å². The zero-order valence-electron chi connectivity index (χ0n) is 13.6. The normalized spacial score (nSPS) is 11.1. The molecule has 0 aromatic carbocycles. The molecule has 0 saturated heterocycles. The van der Waals surface area contributed by atoms with Crippen molar-refractivity contribution >= 4 is 45.3 Å². The van der Waals surface area contributed by atoms with Crippen molar-refractivity contribution in [2.45, 2.75) is 0 Å². The highest BCUT2D eigenvalue weighted by Gasteiger charge is 2.10. The highest BCUT2D eigenvalue weighted by atomic mass is 32.1. The fraction of sp³-hybridized carbons (Fsp3) is 0. The van der Waals surface area contributed by atoms with Crippen molar-refractivity contribution < 1.29 is 0 Å². The third-order valence-electron chi connectivity index (χ3n) is 4.05. The Kier molecular flexibility index (Phi) is 4.30. The standard InChI is InChI=1S/C21H13NS4/c1-3-18(23-9-1)20-7-5-16(25-20)14-11-15(13-22-12-14)17-6-8-21(26-17)19-4-2-10-24-19/h1-13H. The molecule has 1 nitrogen and oxygen atoms in total. The second-order valence-electron chi connectivity index (χ2n) is 5.74. The van der Waals surface area contributed by atoms with Crippen LogP contribution < -0.4 is 0 Å². The molecule has 0 radical (unpaired) electrons. The predicted molar refractivity (Wildman–Crippen MR) is 117 cm³/mol. The van der Waals surface area contributed by atoms with Crippen LogP contribution in [0.1, 0.15) is 0 Å². The predicted octanol–water partition coefficient (Wildman–Crippen LogP) is 8.00. The maximum Gasteiger partial charge on any atom is 0.0449 e. The first-order valence-corrected chi connectivity index (χ1v) is 11.5. The molecule has 5 aromatic rings. The third-order valence-corrected chi connectivity index (χ3v) is 8.45. The zero-order chi connectivity index (χ0) is 17.3. The molecular weight excluding hydrogens is 395 g/mol. The average Bonchev–Trinajstić information content (AvgIpc) is 3.49. The van der Waals surface area contributed by atoms with E-state index in [9.17, 15) is 0 Å². The van der Waals surface area contributed by atoms with Gasteiger partial charge in [-0.1, -0.05) is 12.1 Å². The van der Waals surface area contributed by atoms with Crippen LogP contribution in [0.15, 0.2) is 77.8 Å². The molecule has 0 aliphatic heterocycles. The van der Waals surface area contributed by atoms with Crippen molar-refractivity contribution in [1.29, 1.82) is 0 Å². The van der Waals surface area contributed by atoms with E-state index in [4.69, 9.17) is 0 Å². The molecule has 0 fully saturated rings. The Labute approximate surface area is 167 Å². The molecular formula is C21H13NS4. The van der Waals surface area contributed by atoms with Gasteiger partial charge in [-0.05, 0) is 53.2 Å². The summed E-state index contributed by atoms with van der Waals surface area (Å²) in [6, 6.07) is 19.6. The van der Waals surface area contributed by atoms with Crippen LogP contribution in [-0.4, -0.2) is 4.98 Å². The summed E-state index contributed by atoms with van der Waals surface area (Å²) in [5, 5.41) is 4.25. The molecule has 0 bridgehead atoms. The second kappa shape index (κ2) is 6.93. The summed E-state index contributed by atoms with van der Waals surface area (Å²) >= 11 is 7.22. The molecule has 0 atom stereocenters. The van der Waals surface area contributed by atoms with Gasteiger partial charge >= 0.3 is 0 Å². The summed E-state index contributed by atoms with van der Waals surface area (Å²) in [5.74, 6) is 0. The van der Waals surface area contributed by atoms with Gasteiger partial charge in [0.05, 0.1) is 0 Å². The molecule has 0 aliphatic carbocycles. The lowest BCUT2D eigenvalue weighted by Crippen LogP contribution is -1.79. The largest absolute Gasteiger partial charge is 0.263 e. The summed E-state index contributed by atoms with van der Waals surface area (Å²) in [6.07, 6.45) is 3.92. The second-order valence-corrected chi connectivity index (χ2v) is 9.81. The molecule has 5 rings (SSSR count). The van der Waals surface area contributed by atoms with Crippen LogP contribution in [0.25, 0.3) is 40.4 Å². The summed E-state index contributed by atoms with van der Waals surface area (Å²) in [4.78, 5) is 12.3. The molecule has 0 aliphatic rings. The maximum atomic E-state index is 4.50. The lowest BCUT2D eigenvalue weighted by molar-refractivity contribution is 1.34. The molecule has 5 aromatic heterocycles. The van der Waals surface area contributed by atoms with Gasteiger partial charge in [-0.2, -0.15) is 0 Å². The van der Waals surface area contributed by atoms with Crippen LogP contribution in [0.5, 0.6) is 0 Å². The van der Waals surface area contributed by atoms with Crippen molar-refractivity contribution in [3.63, 3.8) is 0 Å². The smallest absolute Gasteiger partial charge is 0.0449 e. The van der Waals surface area contributed by atoms with Gasteiger partial charge < -0.3 is 0 Å². The van der Waals surface area contributed by atoms with Crippen LogP contribution >= 0.6 is 45.3 Å². The van der Waals surface area contributed by atoms with E-state index in [-0.39, 0.29) is 0 Å². The number of hydrogen-bond donors (Lipinski definition) is 0. The van der Waals surface area contributed by atoms with Crippen LogP contribution in [0.4, 0.5) is 0 Å². The maximum absolute atomic E-state index is 4.50. The number of rotatable bonds is 4. The van der Waals surface area contributed by atoms with Gasteiger partial charge in [-0.15, -0.1) is 45.3 Å². The molecule has 0 saturated carbocycles. The Morgan fingerprint density at radius 3 is 1.50 bits per heavy atom. The Morgan fingerprint density at radius 2 is 1.04 bits per heavy atom. The Bertz CT molecular complexity index is 1040. The number of nitrogens with zero attached hydrogens (tertiary/aromatic N) is 1. The minimum Gasteiger partial charge on any atom is -0.263 e. The van der Waals surface area contributed by atoms with Gasteiger partial charge in [0.25, 0.3) is 0 Å². The van der Waals surface area contributed by atoms with E-state index in [0.717, 1.165) is 0 Å². The topological polar surface area (TPSA) is 12.9 Å². The highest BCUT2D eigenvalue weighted by molar-refractivity contribution is 7.23. The number of thiophene rings is 4. The Hall–Kier alpha value is -2.05. The molecule has 0 spiro atoms. The Morgan fingerprint density at radius 1 is 0.538 bits per heavy atom. The van der Waals surface area contributed by atoms with Crippen molar-refractivity contribution in [2.24, 2.45) is 0 Å². The molecule has 26 heavy (non-hydrogen) atoms. The quantitative estimate of drug-likeness (QED) is 0.294. The van der Waals surface area contributed by atoms with Crippen molar-refractivity contribution in [3.05, 3.63) is 77.8 Å². The monoisotopic (exact) mass is 407 g/mol. The highest BCUT2D eigenvalue weighted by Crippen LogP contribution is 2.39. The fourth-order valence-corrected chi connectivity index (χ4v) is 6.44. The SMILES string of the molecule is c1csc(-c2ccc(-c3cncc(-c4ccc(-c5cccs5)s4)c3)s2)c1. The van der Waals surface area contributed by atoms with Crippen LogP contribution in [0.2, 0.25) is 0 Å². The van der Waals surface area contributed by atoms with E-state index >= 15 is 0 Å². The minimum absolute atomic E-state index is 1.18. The van der Waals surface area contributed by atoms with Crippen LogP contribution in [0.3, 0.4) is 0 Å². The zero-order valence-corrected chi connectivity index (χ0v) is 16.9. The van der Waals surface area contributed by atoms with E-state index in [1.807, 2.05) is 35.1 Å². The Balaban J connectivity index is 1.48. The van der Waals surface area contributed by atoms with Crippen LogP contribution in [-0.2, 0) is 0 Å². The van der Waals surface area contributed by atoms with Gasteiger partial charge in [0.1, 0.15) is 0 Å². The van der Waals surface area contributed by atoms with Crippen LogP contribution in [0, 0.1) is 0 Å². The first-order chi connectivity index (χ1) is 12.9. The van der Waals surface area contributed by atoms with Gasteiger partial charge in [0.15, 0.2) is 0 Å². The summed E-state index contributed by atoms with van der Waals surface area (Å²) in [5.41, 5.74) is 2.36. The first kappa shape index (κ1) is 16.1. The summed E-state index contributed by atoms with van der Waals surface area (Å²) in [6.45, 7) is 0. The summed E-state index contributed by atoms with van der Waals surface area (Å²) < 4.78 is 0. The van der Waals surface area contributed by atoms with Gasteiger partial charge in [-0.25, -0.2) is 0 Å². The lowest BCUT2D eigenvalue weighted by atomic mass is 10.1. The number of hydrogen-bond acceptors (Lipinski definition) is 5. The number of pyridine rings is 1. The lowest BCUT2D eigenvalue weighted by Gasteiger charge is -2.01. The molecule has 0 amide bonds. The fourth-order valence-electron chi connectivity index (χ4n) is 2.80. The van der Waals surface area contributed by atoms with Crippen molar-refractivity contribution in [3.8, 4) is 40.4 Å². The van der Waals surface area contributed by atoms with E-state index < -0.39 is 0 Å². The first-order valence-electron chi connectivity index (χ1n) is 8.10.